The number of ether oxygens (including phenoxy) is 1. The normalized spacial score (nSPS) is 12.0. The van der Waals surface area contributed by atoms with E-state index in [4.69, 9.17) is 4.74 Å². The van der Waals surface area contributed by atoms with E-state index in [2.05, 4.69) is 134 Å². The number of hydrogen-bond donors (Lipinski definition) is 1. The lowest BCUT2D eigenvalue weighted by atomic mass is 9.85. The minimum atomic E-state index is -0.00142. The van der Waals surface area contributed by atoms with Crippen LogP contribution < -0.4 is 4.74 Å². The van der Waals surface area contributed by atoms with Gasteiger partial charge < -0.3 is 9.84 Å². The summed E-state index contributed by atoms with van der Waals surface area (Å²) in [6.45, 7) is 2.36. The van der Waals surface area contributed by atoms with Gasteiger partial charge in [0.1, 0.15) is 12.4 Å². The van der Waals surface area contributed by atoms with E-state index < -0.39 is 0 Å². The standard InChI is InChI=1S/C42H32O2/c1-27-25-30(19-22-41(27)44-24-23-43)33-20-21-37-36-17-8-16-35(34-15-6-11-28-9-2-4-13-31(28)34)39(36)26-40(37)42(33)38-18-7-12-29-10-3-5-14-32(29)38/h2-22,25,43H,23-24,26H2,1H3. The van der Waals surface area contributed by atoms with E-state index in [-0.39, 0.29) is 13.2 Å². The average molecular weight is 569 g/mol. The van der Waals surface area contributed by atoms with E-state index in [1.165, 1.54) is 71.6 Å². The van der Waals surface area contributed by atoms with Crippen LogP contribution in [0.2, 0.25) is 0 Å². The smallest absolute Gasteiger partial charge is 0.122 e. The Morgan fingerprint density at radius 3 is 1.84 bits per heavy atom. The molecule has 0 aromatic heterocycles. The van der Waals surface area contributed by atoms with Gasteiger partial charge >= 0.3 is 0 Å². The van der Waals surface area contributed by atoms with E-state index in [1.54, 1.807) is 0 Å². The topological polar surface area (TPSA) is 29.5 Å². The second kappa shape index (κ2) is 10.8. The molecule has 0 heterocycles. The fraction of sp³-hybridized carbons (Fsp3) is 0.0952. The molecule has 7 aromatic rings. The maximum absolute atomic E-state index is 9.28. The molecule has 44 heavy (non-hydrogen) atoms. The molecule has 8 rings (SSSR count). The maximum atomic E-state index is 9.28. The number of aliphatic hydroxyl groups excluding tert-OH is 1. The van der Waals surface area contributed by atoms with E-state index in [9.17, 15) is 5.11 Å². The highest BCUT2D eigenvalue weighted by Crippen LogP contribution is 2.50. The lowest BCUT2D eigenvalue weighted by Gasteiger charge is -2.19. The molecule has 0 amide bonds. The third-order valence-electron chi connectivity index (χ3n) is 9.11. The Hall–Kier alpha value is -5.18. The molecular weight excluding hydrogens is 536 g/mol. The van der Waals surface area contributed by atoms with Crippen molar-refractivity contribution in [3.05, 3.63) is 150 Å². The highest BCUT2D eigenvalue weighted by atomic mass is 16.5. The Bertz CT molecular complexity index is 2200. The van der Waals surface area contributed by atoms with Gasteiger partial charge in [-0.1, -0.05) is 121 Å². The summed E-state index contributed by atoms with van der Waals surface area (Å²) >= 11 is 0. The SMILES string of the molecule is Cc1cc(-c2ccc3c(c2-c2cccc4ccccc24)Cc2c-3cccc2-c2cccc3ccccc23)ccc1OCCO. The van der Waals surface area contributed by atoms with Gasteiger partial charge in [0.15, 0.2) is 0 Å². The van der Waals surface area contributed by atoms with Crippen LogP contribution in [0.4, 0.5) is 0 Å². The van der Waals surface area contributed by atoms with Crippen molar-refractivity contribution in [3.63, 3.8) is 0 Å². The highest BCUT2D eigenvalue weighted by Gasteiger charge is 2.27. The molecule has 1 N–H and O–H groups in total. The van der Waals surface area contributed by atoms with Crippen LogP contribution in [-0.4, -0.2) is 18.3 Å². The molecule has 1 aliphatic carbocycles. The van der Waals surface area contributed by atoms with Gasteiger partial charge in [-0.2, -0.15) is 0 Å². The van der Waals surface area contributed by atoms with Crippen molar-refractivity contribution in [2.45, 2.75) is 13.3 Å². The monoisotopic (exact) mass is 568 g/mol. The molecule has 0 fully saturated rings. The summed E-state index contributed by atoms with van der Waals surface area (Å²) in [5, 5.41) is 14.3. The molecule has 0 saturated heterocycles. The molecule has 0 radical (unpaired) electrons. The Labute approximate surface area is 257 Å². The van der Waals surface area contributed by atoms with Crippen molar-refractivity contribution in [3.8, 4) is 50.3 Å². The summed E-state index contributed by atoms with van der Waals surface area (Å²) in [4.78, 5) is 0. The van der Waals surface area contributed by atoms with Crippen molar-refractivity contribution in [1.82, 2.24) is 0 Å². The molecule has 2 nitrogen and oxygen atoms in total. The van der Waals surface area contributed by atoms with Crippen LogP contribution in [0.5, 0.6) is 5.75 Å². The van der Waals surface area contributed by atoms with E-state index >= 15 is 0 Å². The molecule has 7 aromatic carbocycles. The van der Waals surface area contributed by atoms with Gasteiger partial charge in [-0.25, -0.2) is 0 Å². The summed E-state index contributed by atoms with van der Waals surface area (Å²) in [5.41, 5.74) is 14.0. The summed E-state index contributed by atoms with van der Waals surface area (Å²) in [6, 6.07) is 48.5. The number of aliphatic hydroxyl groups is 1. The van der Waals surface area contributed by atoms with E-state index in [0.29, 0.717) is 0 Å². The van der Waals surface area contributed by atoms with Crippen LogP contribution in [0.3, 0.4) is 0 Å². The van der Waals surface area contributed by atoms with Crippen molar-refractivity contribution < 1.29 is 9.84 Å². The third kappa shape index (κ3) is 4.30. The Morgan fingerprint density at radius 1 is 0.545 bits per heavy atom. The molecule has 0 bridgehead atoms. The minimum Gasteiger partial charge on any atom is -0.491 e. The van der Waals surface area contributed by atoms with E-state index in [0.717, 1.165) is 23.3 Å². The van der Waals surface area contributed by atoms with Crippen LogP contribution in [-0.2, 0) is 6.42 Å². The van der Waals surface area contributed by atoms with Crippen LogP contribution in [0, 0.1) is 6.92 Å². The zero-order chi connectivity index (χ0) is 29.6. The highest BCUT2D eigenvalue weighted by molar-refractivity contribution is 6.05. The first kappa shape index (κ1) is 26.4. The molecule has 0 spiro atoms. The molecule has 212 valence electrons. The van der Waals surface area contributed by atoms with Gasteiger partial charge in [0.25, 0.3) is 0 Å². The lowest BCUT2D eigenvalue weighted by molar-refractivity contribution is 0.200. The summed E-state index contributed by atoms with van der Waals surface area (Å²) < 4.78 is 5.80. The number of rotatable bonds is 6. The van der Waals surface area contributed by atoms with Crippen molar-refractivity contribution in [1.29, 1.82) is 0 Å². The Morgan fingerprint density at radius 2 is 1.11 bits per heavy atom. The molecule has 2 heteroatoms. The molecule has 0 aliphatic heterocycles. The maximum Gasteiger partial charge on any atom is 0.122 e. The zero-order valence-electron chi connectivity index (χ0n) is 24.7. The van der Waals surface area contributed by atoms with Gasteiger partial charge in [-0.05, 0) is 108 Å². The number of fused-ring (bicyclic) bond motifs is 5. The molecular formula is C42H32O2. The zero-order valence-corrected chi connectivity index (χ0v) is 24.7. The Kier molecular flexibility index (Phi) is 6.51. The van der Waals surface area contributed by atoms with Gasteiger partial charge in [0, 0.05) is 0 Å². The summed E-state index contributed by atoms with van der Waals surface area (Å²) in [6.07, 6.45) is 0.868. The van der Waals surface area contributed by atoms with Crippen molar-refractivity contribution >= 4 is 21.5 Å². The van der Waals surface area contributed by atoms with Gasteiger partial charge in [0.2, 0.25) is 0 Å². The average Bonchev–Trinajstić information content (AvgIpc) is 3.46. The van der Waals surface area contributed by atoms with Gasteiger partial charge in [-0.15, -0.1) is 0 Å². The minimum absolute atomic E-state index is 0.00142. The number of aryl methyl sites for hydroxylation is 1. The number of benzene rings is 7. The van der Waals surface area contributed by atoms with Crippen LogP contribution in [0.1, 0.15) is 16.7 Å². The van der Waals surface area contributed by atoms with Crippen LogP contribution in [0.25, 0.3) is 66.1 Å². The fourth-order valence-corrected chi connectivity index (χ4v) is 7.13. The first-order chi connectivity index (χ1) is 21.7. The number of hydrogen-bond acceptors (Lipinski definition) is 2. The second-order valence-electron chi connectivity index (χ2n) is 11.6. The van der Waals surface area contributed by atoms with E-state index in [1.807, 2.05) is 6.07 Å². The molecule has 1 aliphatic rings. The van der Waals surface area contributed by atoms with Gasteiger partial charge in [-0.3, -0.25) is 0 Å². The predicted octanol–water partition coefficient (Wildman–Crippen LogP) is 10.2. The summed E-state index contributed by atoms with van der Waals surface area (Å²) in [7, 11) is 0. The first-order valence-electron chi connectivity index (χ1n) is 15.3. The Balaban J connectivity index is 1.36. The van der Waals surface area contributed by atoms with Crippen LogP contribution in [0.15, 0.2) is 133 Å². The van der Waals surface area contributed by atoms with Crippen LogP contribution >= 0.6 is 0 Å². The third-order valence-corrected chi connectivity index (χ3v) is 9.11. The van der Waals surface area contributed by atoms with Crippen molar-refractivity contribution in [2.75, 3.05) is 13.2 Å². The fourth-order valence-electron chi connectivity index (χ4n) is 7.13. The van der Waals surface area contributed by atoms with Crippen molar-refractivity contribution in [2.24, 2.45) is 0 Å². The summed E-state index contributed by atoms with van der Waals surface area (Å²) in [5.74, 6) is 0.808. The lowest BCUT2D eigenvalue weighted by Crippen LogP contribution is -2.02. The molecule has 0 saturated carbocycles. The second-order valence-corrected chi connectivity index (χ2v) is 11.6. The quantitative estimate of drug-likeness (QED) is 0.216. The van der Waals surface area contributed by atoms with Gasteiger partial charge in [0.05, 0.1) is 6.61 Å². The first-order valence-corrected chi connectivity index (χ1v) is 15.3. The predicted molar refractivity (Wildman–Crippen MR) is 183 cm³/mol. The molecule has 0 atom stereocenters. The largest absolute Gasteiger partial charge is 0.491 e. The molecule has 0 unspecified atom stereocenters.